The van der Waals surface area contributed by atoms with Gasteiger partial charge in [0.1, 0.15) is 0 Å². The van der Waals surface area contributed by atoms with Crippen LogP contribution in [-0.2, 0) is 11.8 Å². The fraction of sp³-hybridized carbons (Fsp3) is 0.733. The molecule has 2 fully saturated rings. The van der Waals surface area contributed by atoms with Crippen molar-refractivity contribution in [2.75, 3.05) is 11.1 Å². The summed E-state index contributed by atoms with van der Waals surface area (Å²) in [5.74, 6) is 2.51. The predicted octanol–water partition coefficient (Wildman–Crippen LogP) is 2.55. The topological polar surface area (TPSA) is 72.9 Å². The maximum Gasteiger partial charge on any atom is 0.228 e. The molecule has 2 aliphatic carbocycles. The molecule has 20 heavy (non-hydrogen) atoms. The second kappa shape index (κ2) is 5.46. The van der Waals surface area contributed by atoms with E-state index >= 15 is 0 Å². The Labute approximate surface area is 119 Å². The third-order valence-electron chi connectivity index (χ3n) is 5.12. The number of nitrogens with one attached hydrogen (secondary N) is 1. The van der Waals surface area contributed by atoms with Crippen LogP contribution in [0.3, 0.4) is 0 Å². The van der Waals surface area contributed by atoms with Crippen LogP contribution < -0.4 is 11.1 Å². The van der Waals surface area contributed by atoms with E-state index in [0.29, 0.717) is 11.5 Å². The van der Waals surface area contributed by atoms with Gasteiger partial charge in [0, 0.05) is 13.0 Å². The van der Waals surface area contributed by atoms with Gasteiger partial charge in [0.25, 0.3) is 0 Å². The van der Waals surface area contributed by atoms with Crippen LogP contribution in [0, 0.1) is 17.8 Å². The van der Waals surface area contributed by atoms with E-state index in [9.17, 15) is 4.79 Å². The lowest BCUT2D eigenvalue weighted by Crippen LogP contribution is -2.34. The van der Waals surface area contributed by atoms with Crippen molar-refractivity contribution in [3.05, 3.63) is 6.20 Å². The quantitative estimate of drug-likeness (QED) is 0.872. The first-order valence-corrected chi connectivity index (χ1v) is 7.73. The minimum atomic E-state index is 0.115. The molecule has 3 unspecified atom stereocenters. The number of hydrogen-bond acceptors (Lipinski definition) is 3. The van der Waals surface area contributed by atoms with E-state index in [2.05, 4.69) is 10.4 Å². The molecular formula is C15H24N4O. The molecule has 0 spiro atoms. The fourth-order valence-corrected chi connectivity index (χ4v) is 3.94. The van der Waals surface area contributed by atoms with E-state index in [4.69, 9.17) is 5.73 Å². The van der Waals surface area contributed by atoms with Crippen molar-refractivity contribution >= 4 is 17.4 Å². The second-order valence-electron chi connectivity index (χ2n) is 6.38. The first kappa shape index (κ1) is 13.5. The molecule has 3 rings (SSSR count). The molecule has 3 N–H and O–H groups in total. The maximum atomic E-state index is 12.4. The number of fused-ring (bicyclic) bond motifs is 1. The molecular weight excluding hydrogens is 252 g/mol. The van der Waals surface area contributed by atoms with E-state index in [1.54, 1.807) is 17.9 Å². The fourth-order valence-electron chi connectivity index (χ4n) is 3.94. The van der Waals surface area contributed by atoms with Crippen molar-refractivity contribution < 1.29 is 4.79 Å². The summed E-state index contributed by atoms with van der Waals surface area (Å²) < 4.78 is 1.62. The van der Waals surface area contributed by atoms with E-state index in [-0.39, 0.29) is 11.8 Å². The lowest BCUT2D eigenvalue weighted by Gasteiger charge is -2.38. The zero-order valence-corrected chi connectivity index (χ0v) is 12.1. The van der Waals surface area contributed by atoms with Gasteiger partial charge in [-0.15, -0.1) is 0 Å². The molecule has 0 saturated heterocycles. The number of nitrogens with two attached hydrogens (primary N) is 1. The molecule has 110 valence electrons. The van der Waals surface area contributed by atoms with Gasteiger partial charge in [-0.05, 0) is 31.1 Å². The summed E-state index contributed by atoms with van der Waals surface area (Å²) >= 11 is 0. The normalized spacial score (nSPS) is 29.8. The van der Waals surface area contributed by atoms with E-state index in [0.717, 1.165) is 24.7 Å². The number of aromatic nitrogens is 2. The largest absolute Gasteiger partial charge is 0.394 e. The number of nitrogens with zero attached hydrogens (tertiary/aromatic N) is 2. The van der Waals surface area contributed by atoms with Gasteiger partial charge in [0.15, 0.2) is 5.82 Å². The van der Waals surface area contributed by atoms with Crippen molar-refractivity contribution in [2.45, 2.75) is 44.9 Å². The van der Waals surface area contributed by atoms with Crippen molar-refractivity contribution in [3.63, 3.8) is 0 Å². The monoisotopic (exact) mass is 276 g/mol. The third-order valence-corrected chi connectivity index (χ3v) is 5.12. The van der Waals surface area contributed by atoms with Crippen LogP contribution in [0.5, 0.6) is 0 Å². The highest BCUT2D eigenvalue weighted by Crippen LogP contribution is 2.42. The standard InChI is InChI=1S/C15H24N4O/c1-19-14(13(16)9-17-19)18-15(20)12-7-6-10-4-2-3-5-11(10)8-12/h9-12H,2-8,16H2,1H3,(H,18,20). The van der Waals surface area contributed by atoms with Crippen LogP contribution in [0.15, 0.2) is 6.20 Å². The highest BCUT2D eigenvalue weighted by molar-refractivity contribution is 5.94. The highest BCUT2D eigenvalue weighted by atomic mass is 16.2. The Morgan fingerprint density at radius 3 is 2.75 bits per heavy atom. The Morgan fingerprint density at radius 2 is 2.05 bits per heavy atom. The Hall–Kier alpha value is -1.52. The molecule has 1 heterocycles. The molecule has 2 aliphatic rings. The average Bonchev–Trinajstić information content (AvgIpc) is 2.78. The number of amides is 1. The molecule has 1 aromatic rings. The Balaban J connectivity index is 1.63. The molecule has 0 aliphatic heterocycles. The average molecular weight is 276 g/mol. The van der Waals surface area contributed by atoms with Crippen molar-refractivity contribution in [1.29, 1.82) is 0 Å². The van der Waals surface area contributed by atoms with Gasteiger partial charge in [-0.3, -0.25) is 9.48 Å². The number of anilines is 2. The molecule has 1 aromatic heterocycles. The Kier molecular flexibility index (Phi) is 3.68. The minimum Gasteiger partial charge on any atom is -0.394 e. The Morgan fingerprint density at radius 1 is 1.30 bits per heavy atom. The molecule has 0 aromatic carbocycles. The molecule has 3 atom stereocenters. The number of hydrogen-bond donors (Lipinski definition) is 2. The van der Waals surface area contributed by atoms with Crippen LogP contribution >= 0.6 is 0 Å². The first-order chi connectivity index (χ1) is 9.65. The zero-order valence-electron chi connectivity index (χ0n) is 12.1. The van der Waals surface area contributed by atoms with Crippen molar-refractivity contribution in [2.24, 2.45) is 24.8 Å². The first-order valence-electron chi connectivity index (χ1n) is 7.73. The number of carbonyl (C=O) groups excluding carboxylic acids is 1. The number of rotatable bonds is 2. The lowest BCUT2D eigenvalue weighted by molar-refractivity contribution is -0.122. The lowest BCUT2D eigenvalue weighted by atomic mass is 9.67. The van der Waals surface area contributed by atoms with Gasteiger partial charge in [0.05, 0.1) is 11.9 Å². The van der Waals surface area contributed by atoms with Gasteiger partial charge >= 0.3 is 0 Å². The molecule has 5 nitrogen and oxygen atoms in total. The summed E-state index contributed by atoms with van der Waals surface area (Å²) in [6.45, 7) is 0. The zero-order chi connectivity index (χ0) is 14.1. The summed E-state index contributed by atoms with van der Waals surface area (Å²) in [5.41, 5.74) is 6.36. The molecule has 0 bridgehead atoms. The SMILES string of the molecule is Cn1ncc(N)c1NC(=O)C1CCC2CCCCC2C1. The van der Waals surface area contributed by atoms with Crippen LogP contribution in [0.2, 0.25) is 0 Å². The van der Waals surface area contributed by atoms with E-state index < -0.39 is 0 Å². The molecule has 5 heteroatoms. The van der Waals surface area contributed by atoms with Crippen molar-refractivity contribution in [1.82, 2.24) is 9.78 Å². The maximum absolute atomic E-state index is 12.4. The van der Waals surface area contributed by atoms with Crippen molar-refractivity contribution in [3.8, 4) is 0 Å². The van der Waals surface area contributed by atoms with Gasteiger partial charge in [-0.25, -0.2) is 0 Å². The summed E-state index contributed by atoms with van der Waals surface area (Å²) in [6.07, 6.45) is 10.3. The summed E-state index contributed by atoms with van der Waals surface area (Å²) in [6, 6.07) is 0. The smallest absolute Gasteiger partial charge is 0.228 e. The van der Waals surface area contributed by atoms with Gasteiger partial charge in [-0.1, -0.05) is 25.7 Å². The van der Waals surface area contributed by atoms with Gasteiger partial charge in [-0.2, -0.15) is 5.10 Å². The number of aryl methyl sites for hydroxylation is 1. The summed E-state index contributed by atoms with van der Waals surface area (Å²) in [4.78, 5) is 12.4. The number of carbonyl (C=O) groups is 1. The van der Waals surface area contributed by atoms with Crippen LogP contribution in [0.25, 0.3) is 0 Å². The molecule has 1 amide bonds. The van der Waals surface area contributed by atoms with Crippen LogP contribution in [0.4, 0.5) is 11.5 Å². The van der Waals surface area contributed by atoms with E-state index in [1.165, 1.54) is 32.1 Å². The second-order valence-corrected chi connectivity index (χ2v) is 6.38. The predicted molar refractivity (Wildman–Crippen MR) is 79.0 cm³/mol. The van der Waals surface area contributed by atoms with Crippen LogP contribution in [0.1, 0.15) is 44.9 Å². The minimum absolute atomic E-state index is 0.115. The van der Waals surface area contributed by atoms with Crippen LogP contribution in [-0.4, -0.2) is 15.7 Å². The highest BCUT2D eigenvalue weighted by Gasteiger charge is 2.35. The Bertz CT molecular complexity index is 477. The number of nitrogen functional groups attached to an aromatic ring is 1. The summed E-state index contributed by atoms with van der Waals surface area (Å²) in [5, 5.41) is 7.02. The molecule has 2 saturated carbocycles. The van der Waals surface area contributed by atoms with Gasteiger partial charge in [0.2, 0.25) is 5.91 Å². The third kappa shape index (κ3) is 2.53. The molecule has 0 radical (unpaired) electrons. The summed E-state index contributed by atoms with van der Waals surface area (Å²) in [7, 11) is 1.80. The van der Waals surface area contributed by atoms with E-state index in [1.807, 2.05) is 0 Å². The van der Waals surface area contributed by atoms with Gasteiger partial charge < -0.3 is 11.1 Å².